The van der Waals surface area contributed by atoms with Crippen molar-refractivity contribution in [2.24, 2.45) is 5.10 Å². The van der Waals surface area contributed by atoms with Gasteiger partial charge in [-0.3, -0.25) is 4.79 Å². The molecule has 0 heterocycles. The Morgan fingerprint density at radius 3 is 2.32 bits per heavy atom. The minimum absolute atomic E-state index is 0.191. The van der Waals surface area contributed by atoms with E-state index in [1.807, 2.05) is 14.1 Å². The van der Waals surface area contributed by atoms with Crippen LogP contribution < -0.4 is 15.0 Å². The summed E-state index contributed by atoms with van der Waals surface area (Å²) in [7, 11) is 5.11. The highest BCUT2D eigenvalue weighted by Gasteiger charge is 2.26. The zero-order valence-corrected chi connectivity index (χ0v) is 19.7. The third-order valence-corrected chi connectivity index (χ3v) is 4.87. The van der Waals surface area contributed by atoms with E-state index in [0.717, 1.165) is 10.5 Å². The molecule has 0 spiro atoms. The average Bonchev–Trinajstić information content (AvgIpc) is 2.83. The average molecular weight is 475 g/mol. The van der Waals surface area contributed by atoms with Gasteiger partial charge in [-0.2, -0.15) is 5.10 Å². The van der Waals surface area contributed by atoms with E-state index in [2.05, 4.69) is 16.3 Å². The molecule has 0 bridgehead atoms. The van der Waals surface area contributed by atoms with Crippen LogP contribution in [0.5, 0.6) is 5.75 Å². The van der Waals surface area contributed by atoms with Crippen LogP contribution >= 0.6 is 11.6 Å². The number of anilines is 2. The lowest BCUT2D eigenvalue weighted by Crippen LogP contribution is -2.40. The van der Waals surface area contributed by atoms with Crippen LogP contribution in [-0.2, 0) is 0 Å². The second-order valence-corrected chi connectivity index (χ2v) is 7.79. The lowest BCUT2D eigenvalue weighted by molar-refractivity contribution is 0.0995. The molecule has 0 fully saturated rings. The highest BCUT2D eigenvalue weighted by Crippen LogP contribution is 2.25. The van der Waals surface area contributed by atoms with Crippen molar-refractivity contribution < 1.29 is 14.3 Å². The molecule has 3 amide bonds. The molecule has 1 N–H and O–H groups in total. The van der Waals surface area contributed by atoms with E-state index in [1.165, 1.54) is 19.2 Å². The molecule has 0 saturated heterocycles. The van der Waals surface area contributed by atoms with Gasteiger partial charge in [0, 0.05) is 35.9 Å². The summed E-state index contributed by atoms with van der Waals surface area (Å²) in [6, 6.07) is 17.5. The minimum atomic E-state index is -0.646. The second kappa shape index (κ2) is 11.0. The number of benzene rings is 3. The predicted octanol–water partition coefficient (Wildman–Crippen LogP) is 5.10. The standard InChI is InChI=1S/C26H23ClN4O3/c1-5-18-8-12-23(13-9-18)31(25(32)20-14-21(27)16-24(15-20)34-4)26(33)29-22-10-6-19(7-11-22)17-28-30(2)3/h1,6-17H,2-4H3,(H,29,33). The zero-order valence-electron chi connectivity index (χ0n) is 18.9. The molecule has 172 valence electrons. The summed E-state index contributed by atoms with van der Waals surface area (Å²) >= 11 is 6.15. The van der Waals surface area contributed by atoms with Crippen LogP contribution in [0.3, 0.4) is 0 Å². The molecule has 8 heteroatoms. The first-order valence-electron chi connectivity index (χ1n) is 10.2. The maximum atomic E-state index is 13.4. The van der Waals surface area contributed by atoms with Crippen LogP contribution in [0.4, 0.5) is 16.2 Å². The Kier molecular flexibility index (Phi) is 7.91. The van der Waals surface area contributed by atoms with E-state index < -0.39 is 11.9 Å². The van der Waals surface area contributed by atoms with Gasteiger partial charge in [0.25, 0.3) is 5.91 Å². The number of carbonyl (C=O) groups excluding carboxylic acids is 2. The third kappa shape index (κ3) is 6.15. The second-order valence-electron chi connectivity index (χ2n) is 7.36. The normalized spacial score (nSPS) is 10.4. The molecule has 7 nitrogen and oxygen atoms in total. The van der Waals surface area contributed by atoms with Gasteiger partial charge in [-0.25, -0.2) is 9.69 Å². The molecule has 0 unspecified atom stereocenters. The van der Waals surface area contributed by atoms with E-state index >= 15 is 0 Å². The Morgan fingerprint density at radius 1 is 1.06 bits per heavy atom. The van der Waals surface area contributed by atoms with E-state index in [0.29, 0.717) is 27.7 Å². The number of halogens is 1. The van der Waals surface area contributed by atoms with Crippen molar-refractivity contribution in [3.63, 3.8) is 0 Å². The van der Waals surface area contributed by atoms with Gasteiger partial charge >= 0.3 is 6.03 Å². The van der Waals surface area contributed by atoms with Crippen molar-refractivity contribution >= 4 is 41.1 Å². The van der Waals surface area contributed by atoms with Crippen molar-refractivity contribution in [3.8, 4) is 18.1 Å². The molecule has 3 rings (SSSR count). The lowest BCUT2D eigenvalue weighted by atomic mass is 10.1. The van der Waals surface area contributed by atoms with Crippen molar-refractivity contribution in [1.29, 1.82) is 0 Å². The fourth-order valence-electron chi connectivity index (χ4n) is 2.98. The molecule has 0 saturated carbocycles. The van der Waals surface area contributed by atoms with Crippen molar-refractivity contribution in [3.05, 3.63) is 88.4 Å². The van der Waals surface area contributed by atoms with Crippen LogP contribution in [0.2, 0.25) is 5.02 Å². The Balaban J connectivity index is 1.93. The van der Waals surface area contributed by atoms with Crippen LogP contribution in [-0.4, -0.2) is 44.4 Å². The Bertz CT molecular complexity index is 1250. The number of hydrogen-bond donors (Lipinski definition) is 1. The number of nitrogens with one attached hydrogen (secondary N) is 1. The summed E-state index contributed by atoms with van der Waals surface area (Å²) in [5.41, 5.74) is 2.52. The summed E-state index contributed by atoms with van der Waals surface area (Å²) in [5.74, 6) is 2.33. The molecular formula is C26H23ClN4O3. The number of carbonyl (C=O) groups is 2. The van der Waals surface area contributed by atoms with Gasteiger partial charge in [-0.1, -0.05) is 29.7 Å². The maximum Gasteiger partial charge on any atom is 0.333 e. The van der Waals surface area contributed by atoms with Gasteiger partial charge in [0.2, 0.25) is 0 Å². The highest BCUT2D eigenvalue weighted by molar-refractivity contribution is 6.31. The first-order chi connectivity index (χ1) is 16.3. The largest absolute Gasteiger partial charge is 0.497 e. The monoisotopic (exact) mass is 474 g/mol. The molecule has 0 aromatic heterocycles. The molecule has 0 aliphatic heterocycles. The van der Waals surface area contributed by atoms with Crippen LogP contribution in [0.15, 0.2) is 71.8 Å². The summed E-state index contributed by atoms with van der Waals surface area (Å²) < 4.78 is 5.21. The topological polar surface area (TPSA) is 74.2 Å². The number of amides is 3. The molecule has 0 atom stereocenters. The van der Waals surface area contributed by atoms with Crippen LogP contribution in [0.25, 0.3) is 0 Å². The molecule has 34 heavy (non-hydrogen) atoms. The first-order valence-corrected chi connectivity index (χ1v) is 10.6. The van der Waals surface area contributed by atoms with E-state index in [4.69, 9.17) is 22.8 Å². The van der Waals surface area contributed by atoms with E-state index in [1.54, 1.807) is 65.8 Å². The summed E-state index contributed by atoms with van der Waals surface area (Å²) in [4.78, 5) is 27.7. The number of urea groups is 1. The smallest absolute Gasteiger partial charge is 0.333 e. The van der Waals surface area contributed by atoms with Crippen molar-refractivity contribution in [2.75, 3.05) is 31.4 Å². The van der Waals surface area contributed by atoms with Gasteiger partial charge < -0.3 is 15.1 Å². The summed E-state index contributed by atoms with van der Waals surface area (Å²) in [5, 5.41) is 8.92. The molecule has 3 aromatic rings. The predicted molar refractivity (Wildman–Crippen MR) is 136 cm³/mol. The number of imide groups is 1. The SMILES string of the molecule is C#Cc1ccc(N(C(=O)Nc2ccc(C=NN(C)C)cc2)C(=O)c2cc(Cl)cc(OC)c2)cc1. The lowest BCUT2D eigenvalue weighted by Gasteiger charge is -2.22. The maximum absolute atomic E-state index is 13.4. The van der Waals surface area contributed by atoms with E-state index in [-0.39, 0.29) is 5.56 Å². The van der Waals surface area contributed by atoms with Gasteiger partial charge in [-0.05, 0) is 60.2 Å². The minimum Gasteiger partial charge on any atom is -0.497 e. The quantitative estimate of drug-likeness (QED) is 0.306. The van der Waals surface area contributed by atoms with Gasteiger partial charge in [-0.15, -0.1) is 6.42 Å². The van der Waals surface area contributed by atoms with Crippen LogP contribution in [0, 0.1) is 12.3 Å². The number of rotatable bonds is 6. The summed E-state index contributed by atoms with van der Waals surface area (Å²) in [6.07, 6.45) is 7.13. The third-order valence-electron chi connectivity index (χ3n) is 4.65. The number of hydrogen-bond acceptors (Lipinski definition) is 5. The first kappa shape index (κ1) is 24.4. The van der Waals surface area contributed by atoms with Gasteiger partial charge in [0.05, 0.1) is 19.0 Å². The number of hydrazone groups is 1. The van der Waals surface area contributed by atoms with E-state index in [9.17, 15) is 9.59 Å². The Morgan fingerprint density at radius 2 is 1.74 bits per heavy atom. The molecular weight excluding hydrogens is 452 g/mol. The van der Waals surface area contributed by atoms with Crippen molar-refractivity contribution in [2.45, 2.75) is 0 Å². The van der Waals surface area contributed by atoms with Gasteiger partial charge in [0.15, 0.2) is 0 Å². The summed E-state index contributed by atoms with van der Waals surface area (Å²) in [6.45, 7) is 0. The molecule has 0 aliphatic carbocycles. The fraction of sp³-hybridized carbons (Fsp3) is 0.115. The number of terminal acetylenes is 1. The Labute approximate surface area is 203 Å². The molecule has 0 radical (unpaired) electrons. The number of methoxy groups -OCH3 is 1. The zero-order chi connectivity index (χ0) is 24.7. The highest BCUT2D eigenvalue weighted by atomic mass is 35.5. The van der Waals surface area contributed by atoms with Crippen molar-refractivity contribution in [1.82, 2.24) is 5.01 Å². The Hall–Kier alpha value is -4.28. The number of nitrogens with zero attached hydrogens (tertiary/aromatic N) is 3. The fourth-order valence-corrected chi connectivity index (χ4v) is 3.21. The molecule has 3 aromatic carbocycles. The van der Waals surface area contributed by atoms with Crippen LogP contribution in [0.1, 0.15) is 21.5 Å². The van der Waals surface area contributed by atoms with Gasteiger partial charge in [0.1, 0.15) is 5.75 Å². The molecule has 0 aliphatic rings. The number of ether oxygens (including phenoxy) is 1.